The number of amides is 2. The van der Waals surface area contributed by atoms with Crippen LogP contribution in [0.15, 0.2) is 77.0 Å². The van der Waals surface area contributed by atoms with Crippen molar-refractivity contribution in [1.29, 1.82) is 0 Å². The number of aromatic nitrogens is 3. The summed E-state index contributed by atoms with van der Waals surface area (Å²) >= 11 is 1.50. The van der Waals surface area contributed by atoms with E-state index in [9.17, 15) is 9.59 Å². The zero-order chi connectivity index (χ0) is 16.8. The Morgan fingerprint density at radius 1 is 0.875 bits per heavy atom. The fraction of sp³-hybridized carbons (Fsp3) is 0. The number of rotatable bonds is 4. The average Bonchev–Trinajstić information content (AvgIpc) is 3.10. The molecule has 0 aliphatic carbocycles. The summed E-state index contributed by atoms with van der Waals surface area (Å²) in [5.41, 5.74) is 2.91. The minimum Gasteiger partial charge on any atom is -0.317 e. The third-order valence-corrected chi connectivity index (χ3v) is 4.05. The second-order valence-corrected chi connectivity index (χ2v) is 5.79. The number of hydrogen-bond donors (Lipinski definition) is 2. The van der Waals surface area contributed by atoms with Crippen LogP contribution in [0.1, 0.15) is 0 Å². The van der Waals surface area contributed by atoms with Gasteiger partial charge in [-0.25, -0.2) is 4.68 Å². The number of hydrogen-bond acceptors (Lipinski definition) is 5. The fourth-order valence-corrected chi connectivity index (χ4v) is 2.80. The number of benzene rings is 2. The summed E-state index contributed by atoms with van der Waals surface area (Å²) in [5.74, 6) is -1.58. The van der Waals surface area contributed by atoms with E-state index in [4.69, 9.17) is 0 Å². The fourth-order valence-electron chi connectivity index (χ4n) is 1.88. The molecular formula is C16H13N5O2S. The second-order valence-electron chi connectivity index (χ2n) is 4.68. The topological polar surface area (TPSA) is 88.9 Å². The van der Waals surface area contributed by atoms with E-state index >= 15 is 0 Å². The predicted molar refractivity (Wildman–Crippen MR) is 90.0 cm³/mol. The lowest BCUT2D eigenvalue weighted by molar-refractivity contribution is -0.133. The van der Waals surface area contributed by atoms with Crippen LogP contribution < -0.4 is 10.7 Å². The smallest absolute Gasteiger partial charge is 0.317 e. The van der Waals surface area contributed by atoms with Gasteiger partial charge in [-0.1, -0.05) is 42.1 Å². The molecule has 1 heterocycles. The first kappa shape index (κ1) is 15.8. The van der Waals surface area contributed by atoms with Crippen molar-refractivity contribution in [1.82, 2.24) is 14.9 Å². The van der Waals surface area contributed by atoms with E-state index in [-0.39, 0.29) is 0 Å². The molecular weight excluding hydrogens is 326 g/mol. The standard InChI is InChI=1S/C16H13N5O2S/c22-15(16(23)20-21-10-17-18-11-21)19-13-8-4-5-9-14(13)24-12-6-2-1-3-7-12/h1-11H,(H,19,22)(H,20,23). The number of carbonyl (C=O) groups excluding carboxylic acids is 2. The van der Waals surface area contributed by atoms with Crippen molar-refractivity contribution in [3.8, 4) is 0 Å². The maximum atomic E-state index is 12.1. The summed E-state index contributed by atoms with van der Waals surface area (Å²) in [6, 6.07) is 17.1. The molecule has 0 aliphatic rings. The third-order valence-electron chi connectivity index (χ3n) is 2.96. The van der Waals surface area contributed by atoms with Gasteiger partial charge < -0.3 is 5.32 Å². The molecule has 0 saturated carbocycles. The van der Waals surface area contributed by atoms with Crippen molar-refractivity contribution in [2.75, 3.05) is 10.7 Å². The maximum Gasteiger partial charge on any atom is 0.328 e. The van der Waals surface area contributed by atoms with Crippen LogP contribution in [0, 0.1) is 0 Å². The Morgan fingerprint density at radius 3 is 2.29 bits per heavy atom. The minimum atomic E-state index is -0.811. The zero-order valence-electron chi connectivity index (χ0n) is 12.4. The first-order valence-electron chi connectivity index (χ1n) is 7.01. The Labute approximate surface area is 142 Å². The lowest BCUT2D eigenvalue weighted by Gasteiger charge is -2.10. The Balaban J connectivity index is 1.70. The number of nitrogens with one attached hydrogen (secondary N) is 2. The summed E-state index contributed by atoms with van der Waals surface area (Å²) in [4.78, 5) is 25.8. The molecule has 8 heteroatoms. The molecule has 3 aromatic rings. The van der Waals surface area contributed by atoms with Gasteiger partial charge in [0, 0.05) is 9.79 Å². The molecule has 1 aromatic heterocycles. The average molecular weight is 339 g/mol. The third kappa shape index (κ3) is 3.99. The predicted octanol–water partition coefficient (Wildman–Crippen LogP) is 2.14. The summed E-state index contributed by atoms with van der Waals surface area (Å²) in [7, 11) is 0. The van der Waals surface area contributed by atoms with E-state index in [1.165, 1.54) is 29.1 Å². The Bertz CT molecular complexity index is 837. The summed E-state index contributed by atoms with van der Waals surface area (Å²) < 4.78 is 1.20. The van der Waals surface area contributed by atoms with Crippen LogP contribution in [0.2, 0.25) is 0 Å². The molecule has 0 atom stereocenters. The SMILES string of the molecule is O=C(Nc1ccccc1Sc1ccccc1)C(=O)Nn1cnnc1. The highest BCUT2D eigenvalue weighted by Crippen LogP contribution is 2.33. The molecule has 0 radical (unpaired) electrons. The van der Waals surface area contributed by atoms with Gasteiger partial charge >= 0.3 is 11.8 Å². The van der Waals surface area contributed by atoms with Crippen molar-refractivity contribution in [2.24, 2.45) is 0 Å². The van der Waals surface area contributed by atoms with E-state index in [2.05, 4.69) is 20.9 Å². The molecule has 0 spiro atoms. The molecule has 2 N–H and O–H groups in total. The van der Waals surface area contributed by atoms with Crippen LogP contribution in [0.5, 0.6) is 0 Å². The number of nitrogens with zero attached hydrogens (tertiary/aromatic N) is 3. The van der Waals surface area contributed by atoms with Gasteiger partial charge in [-0.05, 0) is 24.3 Å². The molecule has 0 aliphatic heterocycles. The highest BCUT2D eigenvalue weighted by molar-refractivity contribution is 7.99. The second kappa shape index (κ2) is 7.42. The first-order chi connectivity index (χ1) is 11.7. The molecule has 120 valence electrons. The molecule has 2 amide bonds. The van der Waals surface area contributed by atoms with Gasteiger partial charge in [-0.3, -0.25) is 15.0 Å². The number of carbonyl (C=O) groups is 2. The van der Waals surface area contributed by atoms with Crippen molar-refractivity contribution < 1.29 is 9.59 Å². The quantitative estimate of drug-likeness (QED) is 0.711. The van der Waals surface area contributed by atoms with E-state index in [0.717, 1.165) is 9.79 Å². The molecule has 0 unspecified atom stereocenters. The van der Waals surface area contributed by atoms with Crippen LogP contribution in [-0.2, 0) is 9.59 Å². The van der Waals surface area contributed by atoms with Crippen LogP contribution in [0.4, 0.5) is 5.69 Å². The van der Waals surface area contributed by atoms with E-state index < -0.39 is 11.8 Å². The maximum absolute atomic E-state index is 12.1. The lowest BCUT2D eigenvalue weighted by atomic mass is 10.3. The highest BCUT2D eigenvalue weighted by Gasteiger charge is 2.16. The number of anilines is 1. The van der Waals surface area contributed by atoms with Crippen LogP contribution in [0.3, 0.4) is 0 Å². The molecule has 7 nitrogen and oxygen atoms in total. The summed E-state index contributed by atoms with van der Waals surface area (Å²) in [6.45, 7) is 0. The van der Waals surface area contributed by atoms with Crippen molar-refractivity contribution in [3.05, 3.63) is 67.3 Å². The van der Waals surface area contributed by atoms with Crippen molar-refractivity contribution in [2.45, 2.75) is 9.79 Å². The minimum absolute atomic E-state index is 0.565. The molecule has 0 saturated heterocycles. The van der Waals surface area contributed by atoms with Crippen LogP contribution >= 0.6 is 11.8 Å². The van der Waals surface area contributed by atoms with E-state index in [0.29, 0.717) is 5.69 Å². The first-order valence-corrected chi connectivity index (χ1v) is 7.83. The zero-order valence-corrected chi connectivity index (χ0v) is 13.2. The van der Waals surface area contributed by atoms with Crippen LogP contribution in [0.25, 0.3) is 0 Å². The van der Waals surface area contributed by atoms with Crippen LogP contribution in [-0.4, -0.2) is 26.7 Å². The van der Waals surface area contributed by atoms with Gasteiger partial charge in [-0.15, -0.1) is 10.2 Å². The Kier molecular flexibility index (Phi) is 4.87. The highest BCUT2D eigenvalue weighted by atomic mass is 32.2. The van der Waals surface area contributed by atoms with E-state index in [1.54, 1.807) is 12.1 Å². The molecule has 24 heavy (non-hydrogen) atoms. The van der Waals surface area contributed by atoms with Crippen molar-refractivity contribution >= 4 is 29.3 Å². The van der Waals surface area contributed by atoms with Gasteiger partial charge in [0.2, 0.25) is 0 Å². The van der Waals surface area contributed by atoms with Crippen molar-refractivity contribution in [3.63, 3.8) is 0 Å². The van der Waals surface area contributed by atoms with Gasteiger partial charge in [-0.2, -0.15) is 0 Å². The Morgan fingerprint density at radius 2 is 1.54 bits per heavy atom. The molecule has 0 bridgehead atoms. The van der Waals surface area contributed by atoms with Gasteiger partial charge in [0.25, 0.3) is 0 Å². The largest absolute Gasteiger partial charge is 0.328 e. The number of para-hydroxylation sites is 1. The monoisotopic (exact) mass is 339 g/mol. The summed E-state index contributed by atoms with van der Waals surface area (Å²) in [6.07, 6.45) is 2.56. The molecule has 0 fully saturated rings. The van der Waals surface area contributed by atoms with E-state index in [1.807, 2.05) is 42.5 Å². The van der Waals surface area contributed by atoms with Gasteiger partial charge in [0.1, 0.15) is 12.7 Å². The normalized spacial score (nSPS) is 10.2. The van der Waals surface area contributed by atoms with Gasteiger partial charge in [0.05, 0.1) is 5.69 Å². The lowest BCUT2D eigenvalue weighted by Crippen LogP contribution is -2.33. The summed E-state index contributed by atoms with van der Waals surface area (Å²) in [5, 5.41) is 9.70. The van der Waals surface area contributed by atoms with Gasteiger partial charge in [0.15, 0.2) is 0 Å². The molecule has 2 aromatic carbocycles. The molecule has 3 rings (SSSR count). The Hall–Kier alpha value is -3.13.